The van der Waals surface area contributed by atoms with Crippen LogP contribution in [0.1, 0.15) is 36.5 Å². The maximum atomic E-state index is 4.79. The third kappa shape index (κ3) is 2.93. The zero-order chi connectivity index (χ0) is 14.5. The summed E-state index contributed by atoms with van der Waals surface area (Å²) in [5.74, 6) is 0. The highest BCUT2D eigenvalue weighted by molar-refractivity contribution is 5.26. The van der Waals surface area contributed by atoms with E-state index in [1.165, 1.54) is 22.6 Å². The van der Waals surface area contributed by atoms with E-state index in [0.29, 0.717) is 0 Å². The van der Waals surface area contributed by atoms with Gasteiger partial charge >= 0.3 is 0 Å². The van der Waals surface area contributed by atoms with Crippen LogP contribution in [0.2, 0.25) is 0 Å². The van der Waals surface area contributed by atoms with Crippen molar-refractivity contribution in [2.75, 3.05) is 7.05 Å². The lowest BCUT2D eigenvalue weighted by Crippen LogP contribution is -2.12. The van der Waals surface area contributed by atoms with Crippen molar-refractivity contribution in [1.29, 1.82) is 0 Å². The molecule has 0 bridgehead atoms. The second kappa shape index (κ2) is 6.70. The lowest BCUT2D eigenvalue weighted by molar-refractivity contribution is 0.560. The molecule has 5 heteroatoms. The van der Waals surface area contributed by atoms with E-state index in [2.05, 4.69) is 35.0 Å². The molecule has 2 aromatic heterocycles. The quantitative estimate of drug-likeness (QED) is 0.836. The molecule has 0 amide bonds. The van der Waals surface area contributed by atoms with E-state index in [4.69, 9.17) is 5.10 Å². The molecule has 1 N–H and O–H groups in total. The van der Waals surface area contributed by atoms with E-state index in [1.54, 1.807) is 0 Å². The van der Waals surface area contributed by atoms with Crippen LogP contribution in [-0.4, -0.2) is 26.6 Å². The van der Waals surface area contributed by atoms with Crippen LogP contribution in [0.4, 0.5) is 0 Å². The predicted octanol–water partition coefficient (Wildman–Crippen LogP) is 1.70. The van der Waals surface area contributed by atoms with Crippen molar-refractivity contribution in [2.45, 2.75) is 46.2 Å². The van der Waals surface area contributed by atoms with Crippen molar-refractivity contribution in [3.8, 4) is 0 Å². The first-order chi connectivity index (χ1) is 9.71. The minimum atomic E-state index is 0.901. The standard InChI is InChI=1S/C15H25N5/c1-5-14-13(11-16-3)15(6-2)20(18-14)10-8-12-7-9-17-19(12)4/h7,9,16H,5-6,8,10-11H2,1-4H3. The Balaban J connectivity index is 2.20. The molecule has 0 aliphatic carbocycles. The fraction of sp³-hybridized carbons (Fsp3) is 0.600. The van der Waals surface area contributed by atoms with Crippen molar-refractivity contribution < 1.29 is 0 Å². The van der Waals surface area contributed by atoms with Gasteiger partial charge in [-0.2, -0.15) is 10.2 Å². The first kappa shape index (κ1) is 14.8. The third-order valence-electron chi connectivity index (χ3n) is 3.78. The Kier molecular flexibility index (Phi) is 4.95. The third-order valence-corrected chi connectivity index (χ3v) is 3.78. The maximum Gasteiger partial charge on any atom is 0.0669 e. The average Bonchev–Trinajstić information content (AvgIpc) is 3.00. The molecule has 20 heavy (non-hydrogen) atoms. The van der Waals surface area contributed by atoms with Crippen LogP contribution >= 0.6 is 0 Å². The van der Waals surface area contributed by atoms with E-state index in [0.717, 1.165) is 32.4 Å². The van der Waals surface area contributed by atoms with Gasteiger partial charge in [0.15, 0.2) is 0 Å². The highest BCUT2D eigenvalue weighted by Crippen LogP contribution is 2.17. The molecule has 0 radical (unpaired) electrons. The number of hydrogen-bond donors (Lipinski definition) is 1. The van der Waals surface area contributed by atoms with Gasteiger partial charge in [0.1, 0.15) is 0 Å². The Morgan fingerprint density at radius 1 is 1.25 bits per heavy atom. The smallest absolute Gasteiger partial charge is 0.0669 e. The molecule has 2 aromatic rings. The first-order valence-electron chi connectivity index (χ1n) is 7.40. The highest BCUT2D eigenvalue weighted by Gasteiger charge is 2.14. The topological polar surface area (TPSA) is 47.7 Å². The van der Waals surface area contributed by atoms with Crippen LogP contribution in [0.25, 0.3) is 0 Å². The fourth-order valence-electron chi connectivity index (χ4n) is 2.70. The van der Waals surface area contributed by atoms with Crippen molar-refractivity contribution in [2.24, 2.45) is 7.05 Å². The van der Waals surface area contributed by atoms with Crippen LogP contribution in [-0.2, 0) is 39.4 Å². The Morgan fingerprint density at radius 2 is 2.05 bits per heavy atom. The van der Waals surface area contributed by atoms with Gasteiger partial charge in [-0.25, -0.2) is 0 Å². The largest absolute Gasteiger partial charge is 0.316 e. The van der Waals surface area contributed by atoms with E-state index in [9.17, 15) is 0 Å². The molecule has 0 unspecified atom stereocenters. The van der Waals surface area contributed by atoms with E-state index in [-0.39, 0.29) is 0 Å². The Labute approximate surface area is 121 Å². The fourth-order valence-corrected chi connectivity index (χ4v) is 2.70. The Bertz CT molecular complexity index is 553. The molecule has 110 valence electrons. The lowest BCUT2D eigenvalue weighted by atomic mass is 10.1. The molecule has 0 saturated heterocycles. The molecule has 0 atom stereocenters. The second-order valence-electron chi connectivity index (χ2n) is 5.03. The van der Waals surface area contributed by atoms with Gasteiger partial charge in [0.2, 0.25) is 0 Å². The van der Waals surface area contributed by atoms with Gasteiger partial charge in [-0.3, -0.25) is 9.36 Å². The summed E-state index contributed by atoms with van der Waals surface area (Å²) < 4.78 is 4.11. The zero-order valence-electron chi connectivity index (χ0n) is 13.0. The predicted molar refractivity (Wildman–Crippen MR) is 80.7 cm³/mol. The maximum absolute atomic E-state index is 4.79. The number of nitrogens with one attached hydrogen (secondary N) is 1. The van der Waals surface area contributed by atoms with Gasteiger partial charge in [-0.15, -0.1) is 0 Å². The summed E-state index contributed by atoms with van der Waals surface area (Å²) in [4.78, 5) is 0. The Hall–Kier alpha value is -1.62. The van der Waals surface area contributed by atoms with Crippen LogP contribution in [0.3, 0.4) is 0 Å². The summed E-state index contributed by atoms with van der Waals surface area (Å²) in [6, 6.07) is 2.07. The van der Waals surface area contributed by atoms with Crippen LogP contribution in [0, 0.1) is 0 Å². The SMILES string of the molecule is CCc1nn(CCc2ccnn2C)c(CC)c1CNC. The number of aryl methyl sites for hydroxylation is 4. The van der Waals surface area contributed by atoms with E-state index in [1.807, 2.05) is 25.0 Å². The molecule has 0 saturated carbocycles. The van der Waals surface area contributed by atoms with Crippen LogP contribution in [0.5, 0.6) is 0 Å². The van der Waals surface area contributed by atoms with Gasteiger partial charge in [0.05, 0.1) is 5.69 Å². The number of aromatic nitrogens is 4. The summed E-state index contributed by atoms with van der Waals surface area (Å²) in [5.41, 5.74) is 5.21. The van der Waals surface area contributed by atoms with Gasteiger partial charge in [-0.05, 0) is 26.0 Å². The average molecular weight is 275 g/mol. The molecule has 0 aliphatic heterocycles. The lowest BCUT2D eigenvalue weighted by Gasteiger charge is -2.08. The van der Waals surface area contributed by atoms with Gasteiger partial charge < -0.3 is 5.32 Å². The molecular weight excluding hydrogens is 250 g/mol. The highest BCUT2D eigenvalue weighted by atomic mass is 15.3. The number of hydrogen-bond acceptors (Lipinski definition) is 3. The van der Waals surface area contributed by atoms with E-state index >= 15 is 0 Å². The summed E-state index contributed by atoms with van der Waals surface area (Å²) in [5, 5.41) is 12.3. The van der Waals surface area contributed by atoms with Crippen molar-refractivity contribution in [3.63, 3.8) is 0 Å². The minimum Gasteiger partial charge on any atom is -0.316 e. The van der Waals surface area contributed by atoms with Crippen molar-refractivity contribution >= 4 is 0 Å². The molecule has 5 nitrogen and oxygen atoms in total. The first-order valence-corrected chi connectivity index (χ1v) is 7.40. The van der Waals surface area contributed by atoms with Crippen molar-refractivity contribution in [3.05, 3.63) is 34.9 Å². The van der Waals surface area contributed by atoms with Crippen LogP contribution in [0.15, 0.2) is 12.3 Å². The second-order valence-corrected chi connectivity index (χ2v) is 5.03. The molecule has 0 aliphatic rings. The Morgan fingerprint density at radius 3 is 2.60 bits per heavy atom. The summed E-state index contributed by atoms with van der Waals surface area (Å²) in [7, 11) is 3.98. The van der Waals surface area contributed by atoms with Gasteiger partial charge in [-0.1, -0.05) is 13.8 Å². The summed E-state index contributed by atoms with van der Waals surface area (Å²) in [6.45, 7) is 6.19. The zero-order valence-corrected chi connectivity index (χ0v) is 13.0. The number of rotatable bonds is 7. The van der Waals surface area contributed by atoms with Crippen molar-refractivity contribution in [1.82, 2.24) is 24.9 Å². The summed E-state index contributed by atoms with van der Waals surface area (Å²) in [6.07, 6.45) is 4.83. The molecule has 2 rings (SSSR count). The molecule has 0 spiro atoms. The summed E-state index contributed by atoms with van der Waals surface area (Å²) >= 11 is 0. The van der Waals surface area contributed by atoms with Crippen LogP contribution < -0.4 is 5.32 Å². The molecule has 0 aromatic carbocycles. The van der Waals surface area contributed by atoms with E-state index < -0.39 is 0 Å². The minimum absolute atomic E-state index is 0.901. The molecular formula is C15H25N5. The molecule has 2 heterocycles. The van der Waals surface area contributed by atoms with Gasteiger partial charge in [0, 0.05) is 49.7 Å². The normalized spacial score (nSPS) is 11.2. The monoisotopic (exact) mass is 275 g/mol. The molecule has 0 fully saturated rings. The number of nitrogens with zero attached hydrogens (tertiary/aromatic N) is 4. The van der Waals surface area contributed by atoms with Gasteiger partial charge in [0.25, 0.3) is 0 Å².